The highest BCUT2D eigenvalue weighted by Crippen LogP contribution is 2.30. The number of phenolic OH excluding ortho intramolecular Hbond substituents is 1. The van der Waals surface area contributed by atoms with Crippen molar-refractivity contribution >= 4 is 22.6 Å². The van der Waals surface area contributed by atoms with Crippen molar-refractivity contribution < 1.29 is 15.0 Å². The summed E-state index contributed by atoms with van der Waals surface area (Å²) in [5.41, 5.74) is -1.09. The van der Waals surface area contributed by atoms with E-state index in [1.54, 1.807) is 50.2 Å². The molecule has 0 saturated carbocycles. The minimum atomic E-state index is -1.09. The smallest absolute Gasteiger partial charge is 0.328 e. The van der Waals surface area contributed by atoms with E-state index in [0.29, 0.717) is 5.82 Å². The molecule has 2 N–H and O–H groups in total. The first-order valence-corrected chi connectivity index (χ1v) is 5.89. The van der Waals surface area contributed by atoms with E-state index < -0.39 is 11.5 Å². The van der Waals surface area contributed by atoms with Crippen molar-refractivity contribution in [3.63, 3.8) is 0 Å². The molecule has 0 bridgehead atoms. The predicted molar refractivity (Wildman–Crippen MR) is 73.5 cm³/mol. The molecule has 0 amide bonds. The number of rotatable bonds is 3. The highest BCUT2D eigenvalue weighted by atomic mass is 16.4. The van der Waals surface area contributed by atoms with Crippen molar-refractivity contribution in [1.82, 2.24) is 4.98 Å². The number of pyridine rings is 1. The molecule has 19 heavy (non-hydrogen) atoms. The number of fused-ring (bicyclic) bond motifs is 1. The highest BCUT2D eigenvalue weighted by molar-refractivity contribution is 5.95. The van der Waals surface area contributed by atoms with Gasteiger partial charge in [0.25, 0.3) is 0 Å². The molecule has 1 aromatic heterocycles. The first kappa shape index (κ1) is 13.1. The molecule has 2 rings (SSSR count). The lowest BCUT2D eigenvalue weighted by molar-refractivity contribution is -0.142. The number of aromatic nitrogens is 1. The van der Waals surface area contributed by atoms with Gasteiger partial charge in [-0.05, 0) is 37.4 Å². The Morgan fingerprint density at radius 1 is 1.32 bits per heavy atom. The van der Waals surface area contributed by atoms with Gasteiger partial charge in [0, 0.05) is 18.6 Å². The zero-order chi connectivity index (χ0) is 14.2. The van der Waals surface area contributed by atoms with E-state index in [1.165, 1.54) is 0 Å². The molecule has 0 aliphatic heterocycles. The summed E-state index contributed by atoms with van der Waals surface area (Å²) in [5.74, 6) is -0.280. The van der Waals surface area contributed by atoms with Crippen LogP contribution in [-0.4, -0.2) is 33.8 Å². The van der Waals surface area contributed by atoms with Crippen LogP contribution in [0.15, 0.2) is 30.5 Å². The van der Waals surface area contributed by atoms with E-state index in [2.05, 4.69) is 4.98 Å². The second-order valence-electron chi connectivity index (χ2n) is 4.96. The molecule has 2 aromatic rings. The molecule has 0 radical (unpaired) electrons. The molecular formula is C14H16N2O3. The number of nitrogens with zero attached hydrogens (tertiary/aromatic N) is 2. The van der Waals surface area contributed by atoms with Crippen molar-refractivity contribution in [3.05, 3.63) is 30.5 Å². The number of aliphatic carboxylic acids is 1. The van der Waals surface area contributed by atoms with Gasteiger partial charge < -0.3 is 15.1 Å². The predicted octanol–water partition coefficient (Wildman–Crippen LogP) is 2.24. The van der Waals surface area contributed by atoms with Crippen molar-refractivity contribution in [2.24, 2.45) is 0 Å². The van der Waals surface area contributed by atoms with Gasteiger partial charge >= 0.3 is 5.97 Å². The maximum atomic E-state index is 11.3. The monoisotopic (exact) mass is 260 g/mol. The number of hydrogen-bond donors (Lipinski definition) is 2. The molecule has 100 valence electrons. The molecular weight excluding hydrogens is 244 g/mol. The number of hydrogen-bond acceptors (Lipinski definition) is 4. The zero-order valence-electron chi connectivity index (χ0n) is 11.1. The van der Waals surface area contributed by atoms with E-state index in [9.17, 15) is 15.0 Å². The Balaban J connectivity index is 2.62. The first-order chi connectivity index (χ1) is 8.84. The Morgan fingerprint density at radius 3 is 2.63 bits per heavy atom. The minimum Gasteiger partial charge on any atom is -0.508 e. The van der Waals surface area contributed by atoms with Gasteiger partial charge in [-0.2, -0.15) is 0 Å². The van der Waals surface area contributed by atoms with Gasteiger partial charge in [0.1, 0.15) is 17.1 Å². The van der Waals surface area contributed by atoms with Gasteiger partial charge in [-0.3, -0.25) is 0 Å². The van der Waals surface area contributed by atoms with Crippen molar-refractivity contribution in [1.29, 1.82) is 0 Å². The number of phenols is 1. The van der Waals surface area contributed by atoms with Gasteiger partial charge in [-0.15, -0.1) is 0 Å². The number of carboxylic acids is 1. The summed E-state index contributed by atoms with van der Waals surface area (Å²) in [6.45, 7) is 3.22. The van der Waals surface area contributed by atoms with E-state index >= 15 is 0 Å². The van der Waals surface area contributed by atoms with Crippen LogP contribution in [0.4, 0.5) is 5.82 Å². The van der Waals surface area contributed by atoms with Gasteiger partial charge in [0.2, 0.25) is 0 Å². The molecule has 0 aliphatic carbocycles. The third-order valence-electron chi connectivity index (χ3n) is 3.41. The summed E-state index contributed by atoms with van der Waals surface area (Å²) >= 11 is 0. The van der Waals surface area contributed by atoms with Gasteiger partial charge in [0.05, 0.1) is 0 Å². The molecule has 0 spiro atoms. The Labute approximate surface area is 111 Å². The molecule has 1 heterocycles. The summed E-state index contributed by atoms with van der Waals surface area (Å²) in [6, 6.07) is 6.78. The average molecular weight is 260 g/mol. The molecule has 0 aliphatic rings. The number of carbonyl (C=O) groups is 1. The van der Waals surface area contributed by atoms with Crippen LogP contribution in [-0.2, 0) is 4.79 Å². The fourth-order valence-electron chi connectivity index (χ4n) is 1.82. The summed E-state index contributed by atoms with van der Waals surface area (Å²) in [5, 5.41) is 20.5. The normalized spacial score (nSPS) is 11.5. The lowest BCUT2D eigenvalue weighted by Gasteiger charge is -2.33. The van der Waals surface area contributed by atoms with Crippen LogP contribution in [0.3, 0.4) is 0 Å². The molecule has 0 atom stereocenters. The van der Waals surface area contributed by atoms with Crippen molar-refractivity contribution in [2.45, 2.75) is 19.4 Å². The van der Waals surface area contributed by atoms with Crippen LogP contribution in [0.1, 0.15) is 13.8 Å². The van der Waals surface area contributed by atoms with Gasteiger partial charge in [-0.1, -0.05) is 6.07 Å². The zero-order valence-corrected chi connectivity index (χ0v) is 11.1. The SMILES string of the molecule is CN(c1nccc2ccc(O)cc12)C(C)(C)C(=O)O. The van der Waals surface area contributed by atoms with E-state index in [4.69, 9.17) is 0 Å². The largest absolute Gasteiger partial charge is 0.508 e. The lowest BCUT2D eigenvalue weighted by Crippen LogP contribution is -2.48. The highest BCUT2D eigenvalue weighted by Gasteiger charge is 2.33. The maximum Gasteiger partial charge on any atom is 0.328 e. The van der Waals surface area contributed by atoms with E-state index in [1.807, 2.05) is 6.07 Å². The van der Waals surface area contributed by atoms with E-state index in [-0.39, 0.29) is 5.75 Å². The van der Waals surface area contributed by atoms with Crippen molar-refractivity contribution in [3.8, 4) is 5.75 Å². The van der Waals surface area contributed by atoms with Crippen LogP contribution in [0.5, 0.6) is 5.75 Å². The maximum absolute atomic E-state index is 11.3. The van der Waals surface area contributed by atoms with Crippen molar-refractivity contribution in [2.75, 3.05) is 11.9 Å². The molecule has 0 saturated heterocycles. The Kier molecular flexibility index (Phi) is 3.06. The molecule has 5 nitrogen and oxygen atoms in total. The van der Waals surface area contributed by atoms with Crippen LogP contribution in [0, 0.1) is 0 Å². The first-order valence-electron chi connectivity index (χ1n) is 5.89. The van der Waals surface area contributed by atoms with Crippen LogP contribution in [0.2, 0.25) is 0 Å². The minimum absolute atomic E-state index is 0.128. The topological polar surface area (TPSA) is 73.7 Å². The number of benzene rings is 1. The summed E-state index contributed by atoms with van der Waals surface area (Å²) in [4.78, 5) is 17.2. The summed E-state index contributed by atoms with van der Waals surface area (Å²) in [6.07, 6.45) is 1.63. The van der Waals surface area contributed by atoms with Crippen LogP contribution < -0.4 is 4.90 Å². The summed E-state index contributed by atoms with van der Waals surface area (Å²) < 4.78 is 0. The van der Waals surface area contributed by atoms with Gasteiger partial charge in [0.15, 0.2) is 0 Å². The Hall–Kier alpha value is -2.30. The number of carboxylic acid groups (broad SMARTS) is 1. The number of aromatic hydroxyl groups is 1. The van der Waals surface area contributed by atoms with Crippen LogP contribution >= 0.6 is 0 Å². The fraction of sp³-hybridized carbons (Fsp3) is 0.286. The van der Waals surface area contributed by atoms with E-state index in [0.717, 1.165) is 10.8 Å². The van der Waals surface area contributed by atoms with Crippen LogP contribution in [0.25, 0.3) is 10.8 Å². The number of likely N-dealkylation sites (N-methyl/N-ethyl adjacent to an activating group) is 1. The quantitative estimate of drug-likeness (QED) is 0.885. The third-order valence-corrected chi connectivity index (χ3v) is 3.41. The third kappa shape index (κ3) is 2.19. The lowest BCUT2D eigenvalue weighted by atomic mass is 10.0. The second-order valence-corrected chi connectivity index (χ2v) is 4.96. The Morgan fingerprint density at radius 2 is 2.00 bits per heavy atom. The molecule has 5 heteroatoms. The Bertz CT molecular complexity index is 638. The van der Waals surface area contributed by atoms with Gasteiger partial charge in [-0.25, -0.2) is 9.78 Å². The summed E-state index contributed by atoms with van der Waals surface area (Å²) in [7, 11) is 1.68. The standard InChI is InChI=1S/C14H16N2O3/c1-14(2,13(18)19)16(3)12-11-8-10(17)5-4-9(11)6-7-15-12/h4-8,17H,1-3H3,(H,18,19). The molecule has 0 unspecified atom stereocenters. The number of anilines is 1. The fourth-order valence-corrected chi connectivity index (χ4v) is 1.82. The molecule has 0 fully saturated rings. The molecule has 1 aromatic carbocycles. The average Bonchev–Trinajstić information content (AvgIpc) is 2.36. The second kappa shape index (κ2) is 4.42.